The first-order chi connectivity index (χ1) is 13.1. The molecule has 0 saturated heterocycles. The normalized spacial score (nSPS) is 11.1. The number of hydrogen-bond acceptors (Lipinski definition) is 4. The molecule has 3 aromatic rings. The van der Waals surface area contributed by atoms with Crippen molar-refractivity contribution in [2.75, 3.05) is 6.61 Å². The summed E-state index contributed by atoms with van der Waals surface area (Å²) in [7, 11) is -3.64. The Bertz CT molecular complexity index is 971. The Morgan fingerprint density at radius 1 is 0.815 bits per heavy atom. The summed E-state index contributed by atoms with van der Waals surface area (Å²) in [6, 6.07) is 23.0. The molecule has 6 heteroatoms. The van der Waals surface area contributed by atoms with E-state index < -0.39 is 10.0 Å². The molecule has 3 aromatic carbocycles. The predicted octanol–water partition coefficient (Wildman–Crippen LogP) is 4.36. The van der Waals surface area contributed by atoms with E-state index in [1.165, 1.54) is 12.1 Å². The molecule has 0 aromatic heterocycles. The van der Waals surface area contributed by atoms with Crippen LogP contribution in [-0.4, -0.2) is 15.0 Å². The molecule has 0 saturated carbocycles. The Morgan fingerprint density at radius 2 is 1.44 bits per heavy atom. The number of nitrogens with one attached hydrogen (secondary N) is 1. The highest BCUT2D eigenvalue weighted by molar-refractivity contribution is 7.89. The highest BCUT2D eigenvalue weighted by Gasteiger charge is 2.15. The third-order valence-electron chi connectivity index (χ3n) is 3.84. The first-order valence-corrected chi connectivity index (χ1v) is 10.1. The lowest BCUT2D eigenvalue weighted by Gasteiger charge is -2.12. The van der Waals surface area contributed by atoms with Gasteiger partial charge in [-0.3, -0.25) is 0 Å². The van der Waals surface area contributed by atoms with Crippen molar-refractivity contribution < 1.29 is 17.9 Å². The van der Waals surface area contributed by atoms with Gasteiger partial charge in [0.2, 0.25) is 10.0 Å². The van der Waals surface area contributed by atoms with Crippen molar-refractivity contribution in [3.05, 3.63) is 84.4 Å². The Kier molecular flexibility index (Phi) is 6.11. The van der Waals surface area contributed by atoms with Crippen LogP contribution >= 0.6 is 0 Å². The van der Waals surface area contributed by atoms with Crippen molar-refractivity contribution in [3.8, 4) is 17.2 Å². The zero-order chi connectivity index (χ0) is 19.1. The lowest BCUT2D eigenvalue weighted by Crippen LogP contribution is -2.23. The lowest BCUT2D eigenvalue weighted by atomic mass is 10.2. The summed E-state index contributed by atoms with van der Waals surface area (Å²) in [5, 5.41) is 0. The molecule has 0 atom stereocenters. The number of hydrogen-bond donors (Lipinski definition) is 1. The predicted molar refractivity (Wildman–Crippen MR) is 105 cm³/mol. The van der Waals surface area contributed by atoms with E-state index in [0.717, 1.165) is 5.56 Å². The zero-order valence-corrected chi connectivity index (χ0v) is 15.8. The highest BCUT2D eigenvalue weighted by atomic mass is 32.2. The molecule has 3 rings (SSSR count). The van der Waals surface area contributed by atoms with E-state index in [9.17, 15) is 8.42 Å². The van der Waals surface area contributed by atoms with Gasteiger partial charge in [0.05, 0.1) is 11.5 Å². The van der Waals surface area contributed by atoms with E-state index in [0.29, 0.717) is 23.9 Å². The Balaban J connectivity index is 1.68. The third-order valence-corrected chi connectivity index (χ3v) is 5.26. The molecule has 0 aliphatic heterocycles. The van der Waals surface area contributed by atoms with Gasteiger partial charge in [-0.15, -0.1) is 0 Å². The summed E-state index contributed by atoms with van der Waals surface area (Å²) in [6.07, 6.45) is 0. The number of benzene rings is 3. The fraction of sp³-hybridized carbons (Fsp3) is 0.143. The maximum absolute atomic E-state index is 12.6. The minimum absolute atomic E-state index is 0.154. The Hall–Kier alpha value is -2.83. The Labute approximate surface area is 159 Å². The molecule has 1 N–H and O–H groups in total. The SMILES string of the molecule is CCOc1ccccc1CNS(=O)(=O)c1ccc(Oc2ccccc2)cc1. The van der Waals surface area contributed by atoms with Crippen LogP contribution in [0.4, 0.5) is 0 Å². The average molecular weight is 383 g/mol. The van der Waals surface area contributed by atoms with E-state index in [1.807, 2.05) is 61.5 Å². The Morgan fingerprint density at radius 3 is 2.15 bits per heavy atom. The third kappa shape index (κ3) is 5.09. The van der Waals surface area contributed by atoms with Crippen molar-refractivity contribution in [3.63, 3.8) is 0 Å². The van der Waals surface area contributed by atoms with E-state index in [-0.39, 0.29) is 11.4 Å². The molecule has 0 heterocycles. The zero-order valence-electron chi connectivity index (χ0n) is 15.0. The highest BCUT2D eigenvalue weighted by Crippen LogP contribution is 2.23. The molecule has 140 valence electrons. The van der Waals surface area contributed by atoms with Crippen molar-refractivity contribution >= 4 is 10.0 Å². The first-order valence-electron chi connectivity index (χ1n) is 8.62. The molecule has 0 amide bonds. The van der Waals surface area contributed by atoms with Crippen LogP contribution in [0.3, 0.4) is 0 Å². The first kappa shape index (κ1) is 18.9. The molecule has 0 spiro atoms. The summed E-state index contributed by atoms with van der Waals surface area (Å²) in [4.78, 5) is 0.178. The summed E-state index contributed by atoms with van der Waals surface area (Å²) in [6.45, 7) is 2.56. The van der Waals surface area contributed by atoms with Crippen LogP contribution < -0.4 is 14.2 Å². The standard InChI is InChI=1S/C21H21NO4S/c1-2-25-21-11-7-6-8-17(21)16-22-27(23,24)20-14-12-19(13-15-20)26-18-9-4-3-5-10-18/h3-15,22H,2,16H2,1H3. The van der Waals surface area contributed by atoms with Crippen molar-refractivity contribution in [1.29, 1.82) is 0 Å². The van der Waals surface area contributed by atoms with Crippen LogP contribution in [0, 0.1) is 0 Å². The molecule has 5 nitrogen and oxygen atoms in total. The van der Waals surface area contributed by atoms with Crippen LogP contribution in [0.25, 0.3) is 0 Å². The second-order valence-electron chi connectivity index (χ2n) is 5.75. The van der Waals surface area contributed by atoms with Crippen LogP contribution in [0.1, 0.15) is 12.5 Å². The number of para-hydroxylation sites is 2. The maximum Gasteiger partial charge on any atom is 0.240 e. The van der Waals surface area contributed by atoms with Gasteiger partial charge in [-0.2, -0.15) is 0 Å². The molecule has 0 aliphatic carbocycles. The molecular formula is C21H21NO4S. The van der Waals surface area contributed by atoms with Crippen LogP contribution in [-0.2, 0) is 16.6 Å². The van der Waals surface area contributed by atoms with Gasteiger partial charge in [0.1, 0.15) is 17.2 Å². The number of rotatable bonds is 8. The van der Waals surface area contributed by atoms with Gasteiger partial charge in [0.25, 0.3) is 0 Å². The van der Waals surface area contributed by atoms with Crippen LogP contribution in [0.2, 0.25) is 0 Å². The summed E-state index contributed by atoms with van der Waals surface area (Å²) < 4.78 is 38.9. The van der Waals surface area contributed by atoms with Gasteiger partial charge in [0, 0.05) is 12.1 Å². The fourth-order valence-electron chi connectivity index (χ4n) is 2.51. The van der Waals surface area contributed by atoms with E-state index in [1.54, 1.807) is 12.1 Å². The molecule has 0 bridgehead atoms. The van der Waals surface area contributed by atoms with Crippen LogP contribution in [0.15, 0.2) is 83.8 Å². The largest absolute Gasteiger partial charge is 0.494 e. The number of ether oxygens (including phenoxy) is 2. The quantitative estimate of drug-likeness (QED) is 0.628. The average Bonchev–Trinajstić information content (AvgIpc) is 2.69. The monoisotopic (exact) mass is 383 g/mol. The molecule has 0 aliphatic rings. The van der Waals surface area contributed by atoms with Crippen molar-refractivity contribution in [2.45, 2.75) is 18.4 Å². The molecule has 0 radical (unpaired) electrons. The van der Waals surface area contributed by atoms with Gasteiger partial charge in [0.15, 0.2) is 0 Å². The van der Waals surface area contributed by atoms with Gasteiger partial charge in [-0.05, 0) is 49.4 Å². The molecular weight excluding hydrogens is 362 g/mol. The van der Waals surface area contributed by atoms with Crippen molar-refractivity contribution in [1.82, 2.24) is 4.72 Å². The smallest absolute Gasteiger partial charge is 0.240 e. The molecule has 0 fully saturated rings. The second kappa shape index (κ2) is 8.70. The summed E-state index contributed by atoms with van der Waals surface area (Å²) in [5.74, 6) is 1.94. The fourth-order valence-corrected chi connectivity index (χ4v) is 3.52. The summed E-state index contributed by atoms with van der Waals surface area (Å²) in [5.41, 5.74) is 0.784. The van der Waals surface area contributed by atoms with E-state index >= 15 is 0 Å². The molecule has 27 heavy (non-hydrogen) atoms. The lowest BCUT2D eigenvalue weighted by molar-refractivity contribution is 0.336. The van der Waals surface area contributed by atoms with E-state index in [4.69, 9.17) is 9.47 Å². The van der Waals surface area contributed by atoms with Crippen molar-refractivity contribution in [2.24, 2.45) is 0 Å². The molecule has 0 unspecified atom stereocenters. The maximum atomic E-state index is 12.6. The van der Waals surface area contributed by atoms with Gasteiger partial charge < -0.3 is 9.47 Å². The van der Waals surface area contributed by atoms with Gasteiger partial charge in [-0.1, -0.05) is 36.4 Å². The van der Waals surface area contributed by atoms with Crippen LogP contribution in [0.5, 0.6) is 17.2 Å². The minimum Gasteiger partial charge on any atom is -0.494 e. The number of sulfonamides is 1. The van der Waals surface area contributed by atoms with Gasteiger partial charge >= 0.3 is 0 Å². The topological polar surface area (TPSA) is 64.6 Å². The van der Waals surface area contributed by atoms with E-state index in [2.05, 4.69) is 4.72 Å². The second-order valence-corrected chi connectivity index (χ2v) is 7.52. The summed E-state index contributed by atoms with van der Waals surface area (Å²) >= 11 is 0. The minimum atomic E-state index is -3.64. The van der Waals surface area contributed by atoms with Gasteiger partial charge in [-0.25, -0.2) is 13.1 Å².